The summed E-state index contributed by atoms with van der Waals surface area (Å²) in [6.45, 7) is 0. The molecule has 1 nitrogen and oxygen atoms in total. The molecule has 0 aliphatic heterocycles. The first kappa shape index (κ1) is 8.49. The monoisotopic (exact) mass is 165 g/mol. The second kappa shape index (κ2) is 4.31. The molecule has 2 heteroatoms. The zero-order valence-corrected chi connectivity index (χ0v) is 8.96. The fourth-order valence-corrected chi connectivity index (χ4v) is 1.80. The van der Waals surface area contributed by atoms with Gasteiger partial charge in [-0.05, 0) is 12.0 Å². The Bertz CT molecular complexity index is 198. The van der Waals surface area contributed by atoms with Crippen LogP contribution in [0.5, 0.6) is 0 Å². The van der Waals surface area contributed by atoms with E-state index in [1.54, 1.807) is 0 Å². The normalized spacial score (nSPS) is 13.2. The fraction of sp³-hybridized carbons (Fsp3) is 0.333. The molecule has 0 aliphatic rings. The Kier molecular flexibility index (Phi) is 3.33. The van der Waals surface area contributed by atoms with Gasteiger partial charge in [-0.25, -0.2) is 0 Å². The zero-order valence-electron chi connectivity index (χ0n) is 6.96. The van der Waals surface area contributed by atoms with Crippen LogP contribution < -0.4 is 5.73 Å². The summed E-state index contributed by atoms with van der Waals surface area (Å²) < 4.78 is 0. The lowest BCUT2D eigenvalue weighted by atomic mass is 10.1. The van der Waals surface area contributed by atoms with Crippen LogP contribution in [0.3, 0.4) is 0 Å². The third-order valence-electron chi connectivity index (χ3n) is 1.83. The lowest BCUT2D eigenvalue weighted by Crippen LogP contribution is -2.09. The van der Waals surface area contributed by atoms with E-state index in [4.69, 9.17) is 5.73 Å². The molecule has 1 aromatic carbocycles. The molecule has 2 N–H and O–H groups in total. The molecular formula is C9H15NSi. The molecule has 0 spiro atoms. The van der Waals surface area contributed by atoms with E-state index in [0.717, 1.165) is 6.42 Å². The minimum Gasteiger partial charge on any atom is -0.324 e. The molecule has 0 amide bonds. The SMILES string of the molecule is NC(CC[SiH3])c1ccccc1. The van der Waals surface area contributed by atoms with Crippen molar-refractivity contribution in [2.45, 2.75) is 18.5 Å². The van der Waals surface area contributed by atoms with Crippen LogP contribution in [0.15, 0.2) is 30.3 Å². The quantitative estimate of drug-likeness (QED) is 0.661. The van der Waals surface area contributed by atoms with Crippen molar-refractivity contribution in [2.75, 3.05) is 0 Å². The van der Waals surface area contributed by atoms with Gasteiger partial charge in [-0.3, -0.25) is 0 Å². The van der Waals surface area contributed by atoms with E-state index in [1.807, 2.05) is 18.2 Å². The summed E-state index contributed by atoms with van der Waals surface area (Å²) in [6, 6.07) is 11.9. The molecule has 0 heterocycles. The third kappa shape index (κ3) is 2.48. The Morgan fingerprint density at radius 1 is 1.27 bits per heavy atom. The zero-order chi connectivity index (χ0) is 8.10. The first-order valence-corrected chi connectivity index (χ1v) is 5.56. The fourth-order valence-electron chi connectivity index (χ4n) is 1.18. The Morgan fingerprint density at radius 3 is 2.45 bits per heavy atom. The lowest BCUT2D eigenvalue weighted by molar-refractivity contribution is 0.698. The van der Waals surface area contributed by atoms with Crippen LogP contribution in [0.2, 0.25) is 6.04 Å². The van der Waals surface area contributed by atoms with Crippen LogP contribution >= 0.6 is 0 Å². The second-order valence-corrected chi connectivity index (χ2v) is 3.81. The van der Waals surface area contributed by atoms with Crippen molar-refractivity contribution in [1.82, 2.24) is 0 Å². The maximum atomic E-state index is 5.93. The van der Waals surface area contributed by atoms with E-state index >= 15 is 0 Å². The summed E-state index contributed by atoms with van der Waals surface area (Å²) in [5.41, 5.74) is 7.19. The molecule has 1 atom stereocenters. The minimum absolute atomic E-state index is 0.258. The molecule has 11 heavy (non-hydrogen) atoms. The molecule has 1 rings (SSSR count). The van der Waals surface area contributed by atoms with E-state index in [1.165, 1.54) is 21.9 Å². The maximum absolute atomic E-state index is 5.93. The highest BCUT2D eigenvalue weighted by Gasteiger charge is 2.01. The van der Waals surface area contributed by atoms with Crippen molar-refractivity contribution in [3.8, 4) is 0 Å². The predicted octanol–water partition coefficient (Wildman–Crippen LogP) is 0.860. The highest BCUT2D eigenvalue weighted by molar-refractivity contribution is 6.08. The maximum Gasteiger partial charge on any atom is 0.0291 e. The Morgan fingerprint density at radius 2 is 1.91 bits per heavy atom. The van der Waals surface area contributed by atoms with E-state index in [-0.39, 0.29) is 6.04 Å². The number of nitrogens with two attached hydrogens (primary N) is 1. The largest absolute Gasteiger partial charge is 0.324 e. The van der Waals surface area contributed by atoms with Gasteiger partial charge in [0.15, 0.2) is 0 Å². The van der Waals surface area contributed by atoms with Crippen LogP contribution in [-0.2, 0) is 0 Å². The van der Waals surface area contributed by atoms with Gasteiger partial charge in [-0.15, -0.1) is 0 Å². The van der Waals surface area contributed by atoms with E-state index < -0.39 is 0 Å². The Hall–Kier alpha value is -0.603. The average Bonchev–Trinajstić information content (AvgIpc) is 2.07. The Labute approximate surface area is 71.0 Å². The summed E-state index contributed by atoms with van der Waals surface area (Å²) >= 11 is 0. The topological polar surface area (TPSA) is 26.0 Å². The van der Waals surface area contributed by atoms with Gasteiger partial charge in [0.05, 0.1) is 0 Å². The molecule has 0 bridgehead atoms. The first-order valence-electron chi connectivity index (χ1n) is 4.15. The molecule has 0 aromatic heterocycles. The summed E-state index contributed by atoms with van der Waals surface area (Å²) in [5.74, 6) is 0. The van der Waals surface area contributed by atoms with Crippen molar-refractivity contribution >= 4 is 10.2 Å². The van der Waals surface area contributed by atoms with E-state index in [2.05, 4.69) is 12.1 Å². The molecule has 0 fully saturated rings. The van der Waals surface area contributed by atoms with Crippen molar-refractivity contribution in [3.63, 3.8) is 0 Å². The molecule has 0 saturated carbocycles. The standard InChI is InChI=1S/C9H15NSi/c10-9(6-7-11)8-4-2-1-3-5-8/h1-5,9H,6-7,10H2,11H3. The lowest BCUT2D eigenvalue weighted by Gasteiger charge is -2.09. The number of benzene rings is 1. The van der Waals surface area contributed by atoms with Gasteiger partial charge in [0.2, 0.25) is 0 Å². The summed E-state index contributed by atoms with van der Waals surface area (Å²) in [5, 5.41) is 0. The third-order valence-corrected chi connectivity index (χ3v) is 2.40. The average molecular weight is 165 g/mol. The molecular weight excluding hydrogens is 150 g/mol. The summed E-state index contributed by atoms with van der Waals surface area (Å²) in [4.78, 5) is 0. The van der Waals surface area contributed by atoms with Gasteiger partial charge in [0.1, 0.15) is 0 Å². The van der Waals surface area contributed by atoms with E-state index in [9.17, 15) is 0 Å². The predicted molar refractivity (Wildman–Crippen MR) is 52.7 cm³/mol. The Balaban J connectivity index is 2.61. The smallest absolute Gasteiger partial charge is 0.0291 e. The van der Waals surface area contributed by atoms with Gasteiger partial charge >= 0.3 is 0 Å². The minimum atomic E-state index is 0.258. The van der Waals surface area contributed by atoms with Crippen molar-refractivity contribution in [1.29, 1.82) is 0 Å². The number of hydrogen-bond acceptors (Lipinski definition) is 1. The number of rotatable bonds is 3. The summed E-state index contributed by atoms with van der Waals surface area (Å²) in [6.07, 6.45) is 1.14. The summed E-state index contributed by atoms with van der Waals surface area (Å²) in [7, 11) is 1.26. The molecule has 0 saturated heterocycles. The molecule has 1 unspecified atom stereocenters. The van der Waals surface area contributed by atoms with Crippen LogP contribution in [0.4, 0.5) is 0 Å². The van der Waals surface area contributed by atoms with Gasteiger partial charge in [0.25, 0.3) is 0 Å². The van der Waals surface area contributed by atoms with E-state index in [0.29, 0.717) is 0 Å². The highest BCUT2D eigenvalue weighted by atomic mass is 28.1. The highest BCUT2D eigenvalue weighted by Crippen LogP contribution is 2.13. The van der Waals surface area contributed by atoms with Gasteiger partial charge in [-0.2, -0.15) is 0 Å². The van der Waals surface area contributed by atoms with Gasteiger partial charge in [-0.1, -0.05) is 36.4 Å². The second-order valence-electron chi connectivity index (χ2n) is 2.81. The molecule has 60 valence electrons. The van der Waals surface area contributed by atoms with Crippen molar-refractivity contribution in [3.05, 3.63) is 35.9 Å². The van der Waals surface area contributed by atoms with Crippen LogP contribution in [0, 0.1) is 0 Å². The van der Waals surface area contributed by atoms with Crippen molar-refractivity contribution < 1.29 is 0 Å². The van der Waals surface area contributed by atoms with Crippen LogP contribution in [0.25, 0.3) is 0 Å². The van der Waals surface area contributed by atoms with Gasteiger partial charge in [0, 0.05) is 16.3 Å². The number of hydrogen-bond donors (Lipinski definition) is 1. The molecule has 0 radical (unpaired) electrons. The first-order chi connectivity index (χ1) is 5.34. The van der Waals surface area contributed by atoms with Gasteiger partial charge < -0.3 is 5.73 Å². The van der Waals surface area contributed by atoms with Crippen molar-refractivity contribution in [2.24, 2.45) is 5.73 Å². The molecule has 0 aliphatic carbocycles. The van der Waals surface area contributed by atoms with Crippen LogP contribution in [-0.4, -0.2) is 10.2 Å². The molecule has 1 aromatic rings. The van der Waals surface area contributed by atoms with Crippen LogP contribution in [0.1, 0.15) is 18.0 Å².